The van der Waals surface area contributed by atoms with Gasteiger partial charge in [0.1, 0.15) is 5.82 Å². The second kappa shape index (κ2) is 4.88. The van der Waals surface area contributed by atoms with E-state index >= 15 is 0 Å². The zero-order valence-electron chi connectivity index (χ0n) is 10.1. The van der Waals surface area contributed by atoms with Gasteiger partial charge >= 0.3 is 0 Å². The normalized spacial score (nSPS) is 12.2. The molecule has 2 rings (SSSR count). The summed E-state index contributed by atoms with van der Waals surface area (Å²) in [6, 6.07) is 9.71. The monoisotopic (exact) mass is 242 g/mol. The zero-order chi connectivity index (χ0) is 13.1. The van der Waals surface area contributed by atoms with Gasteiger partial charge in [0.25, 0.3) is 0 Å². The lowest BCUT2D eigenvalue weighted by Gasteiger charge is -2.11. The molecule has 18 heavy (non-hydrogen) atoms. The maximum absolute atomic E-state index is 11.2. The van der Waals surface area contributed by atoms with Crippen LogP contribution in [0.4, 0.5) is 0 Å². The average Bonchev–Trinajstić information content (AvgIpc) is 2.68. The first-order chi connectivity index (χ1) is 8.63. The van der Waals surface area contributed by atoms with Gasteiger partial charge in [-0.1, -0.05) is 19.1 Å². The summed E-state index contributed by atoms with van der Waals surface area (Å²) in [6.07, 6.45) is 0.222. The van der Waals surface area contributed by atoms with Gasteiger partial charge < -0.3 is 10.3 Å². The summed E-state index contributed by atoms with van der Waals surface area (Å²) < 4.78 is 1.90. The van der Waals surface area contributed by atoms with Crippen molar-refractivity contribution in [2.45, 2.75) is 19.9 Å². The van der Waals surface area contributed by atoms with Crippen LogP contribution in [-0.2, 0) is 17.8 Å². The van der Waals surface area contributed by atoms with Crippen molar-refractivity contribution in [2.24, 2.45) is 11.7 Å². The molecule has 0 saturated heterocycles. The summed E-state index contributed by atoms with van der Waals surface area (Å²) in [4.78, 5) is 15.6. The molecule has 0 aliphatic heterocycles. The average molecular weight is 242 g/mol. The van der Waals surface area contributed by atoms with Crippen LogP contribution in [0.25, 0.3) is 11.0 Å². The number of nitriles is 1. The minimum absolute atomic E-state index is 0.222. The summed E-state index contributed by atoms with van der Waals surface area (Å²) in [5.41, 5.74) is 7.04. The number of rotatable bonds is 4. The van der Waals surface area contributed by atoms with E-state index in [9.17, 15) is 4.79 Å². The SMILES string of the molecule is CC(Cn1c(CC#N)nc2ccccc21)C(N)=O. The lowest BCUT2D eigenvalue weighted by atomic mass is 10.1. The Balaban J connectivity index is 2.48. The van der Waals surface area contributed by atoms with Gasteiger partial charge in [0.15, 0.2) is 0 Å². The third-order valence-electron chi connectivity index (χ3n) is 2.91. The minimum Gasteiger partial charge on any atom is -0.369 e. The first-order valence-electron chi connectivity index (χ1n) is 5.74. The van der Waals surface area contributed by atoms with Crippen molar-refractivity contribution in [2.75, 3.05) is 0 Å². The highest BCUT2D eigenvalue weighted by atomic mass is 16.1. The highest BCUT2D eigenvalue weighted by Gasteiger charge is 2.15. The molecule has 1 heterocycles. The number of nitrogens with two attached hydrogens (primary N) is 1. The first-order valence-corrected chi connectivity index (χ1v) is 5.74. The second-order valence-corrected chi connectivity index (χ2v) is 4.27. The summed E-state index contributed by atoms with van der Waals surface area (Å²) in [5, 5.41) is 8.82. The third-order valence-corrected chi connectivity index (χ3v) is 2.91. The highest BCUT2D eigenvalue weighted by Crippen LogP contribution is 2.18. The van der Waals surface area contributed by atoms with Crippen LogP contribution in [0, 0.1) is 17.2 Å². The smallest absolute Gasteiger partial charge is 0.222 e. The molecular formula is C13H14N4O. The van der Waals surface area contributed by atoms with E-state index < -0.39 is 0 Å². The lowest BCUT2D eigenvalue weighted by molar-refractivity contribution is -0.121. The molecule has 1 aromatic carbocycles. The molecule has 0 fully saturated rings. The molecule has 1 unspecified atom stereocenters. The molecule has 0 aliphatic rings. The lowest BCUT2D eigenvalue weighted by Crippen LogP contribution is -2.25. The molecule has 0 saturated carbocycles. The fourth-order valence-corrected chi connectivity index (χ4v) is 1.90. The van der Waals surface area contributed by atoms with E-state index in [4.69, 9.17) is 11.0 Å². The maximum Gasteiger partial charge on any atom is 0.222 e. The van der Waals surface area contributed by atoms with Crippen LogP contribution in [0.5, 0.6) is 0 Å². The van der Waals surface area contributed by atoms with Crippen LogP contribution in [-0.4, -0.2) is 15.5 Å². The Bertz CT molecular complexity index is 623. The van der Waals surface area contributed by atoms with Gasteiger partial charge in [0.05, 0.1) is 29.4 Å². The summed E-state index contributed by atoms with van der Waals surface area (Å²) >= 11 is 0. The van der Waals surface area contributed by atoms with Gasteiger partial charge in [0, 0.05) is 6.54 Å². The van der Waals surface area contributed by atoms with Gasteiger partial charge in [-0.15, -0.1) is 0 Å². The molecule has 0 aliphatic carbocycles. The zero-order valence-corrected chi connectivity index (χ0v) is 10.1. The van der Waals surface area contributed by atoms with Crippen molar-refractivity contribution in [1.29, 1.82) is 5.26 Å². The summed E-state index contributed by atoms with van der Waals surface area (Å²) in [6.45, 7) is 2.22. The number of fused-ring (bicyclic) bond motifs is 1. The third kappa shape index (κ3) is 2.18. The highest BCUT2D eigenvalue weighted by molar-refractivity contribution is 5.78. The molecule has 5 heteroatoms. The second-order valence-electron chi connectivity index (χ2n) is 4.27. The van der Waals surface area contributed by atoms with Crippen molar-refractivity contribution in [3.8, 4) is 6.07 Å². The van der Waals surface area contributed by atoms with Crippen molar-refractivity contribution in [3.05, 3.63) is 30.1 Å². The van der Waals surface area contributed by atoms with Crippen LogP contribution < -0.4 is 5.73 Å². The number of carbonyl (C=O) groups excluding carboxylic acids is 1. The van der Waals surface area contributed by atoms with E-state index in [2.05, 4.69) is 11.1 Å². The number of hydrogen-bond donors (Lipinski definition) is 1. The molecule has 2 N–H and O–H groups in total. The molecule has 5 nitrogen and oxygen atoms in total. The van der Waals surface area contributed by atoms with E-state index in [1.807, 2.05) is 28.8 Å². The van der Waals surface area contributed by atoms with E-state index in [1.54, 1.807) is 6.92 Å². The molecule has 92 valence electrons. The topological polar surface area (TPSA) is 84.7 Å². The Morgan fingerprint density at radius 2 is 2.28 bits per heavy atom. The Morgan fingerprint density at radius 3 is 2.94 bits per heavy atom. The number of hydrogen-bond acceptors (Lipinski definition) is 3. The molecule has 1 aromatic heterocycles. The van der Waals surface area contributed by atoms with Crippen LogP contribution in [0.2, 0.25) is 0 Å². The number of amides is 1. The summed E-state index contributed by atoms with van der Waals surface area (Å²) in [5.74, 6) is 0.0301. The van der Waals surface area contributed by atoms with E-state index in [-0.39, 0.29) is 18.2 Å². The number of benzene rings is 1. The van der Waals surface area contributed by atoms with Gasteiger partial charge in [-0.2, -0.15) is 5.26 Å². The quantitative estimate of drug-likeness (QED) is 0.874. The minimum atomic E-state index is -0.351. The van der Waals surface area contributed by atoms with E-state index in [1.165, 1.54) is 0 Å². The number of imidazole rings is 1. The predicted molar refractivity (Wildman–Crippen MR) is 67.4 cm³/mol. The number of para-hydroxylation sites is 2. The van der Waals surface area contributed by atoms with Crippen LogP contribution >= 0.6 is 0 Å². The van der Waals surface area contributed by atoms with E-state index in [0.29, 0.717) is 12.4 Å². The van der Waals surface area contributed by atoms with Crippen molar-refractivity contribution in [3.63, 3.8) is 0 Å². The first kappa shape index (κ1) is 12.1. The Labute approximate surface area is 105 Å². The summed E-state index contributed by atoms with van der Waals surface area (Å²) in [7, 11) is 0. The fourth-order valence-electron chi connectivity index (χ4n) is 1.90. The largest absolute Gasteiger partial charge is 0.369 e. The number of primary amides is 1. The fraction of sp³-hybridized carbons (Fsp3) is 0.308. The molecule has 0 spiro atoms. The Hall–Kier alpha value is -2.35. The molecule has 1 amide bonds. The number of nitrogens with zero attached hydrogens (tertiary/aromatic N) is 3. The van der Waals surface area contributed by atoms with Gasteiger partial charge in [0.2, 0.25) is 5.91 Å². The standard InChI is InChI=1S/C13H14N4O/c1-9(13(15)18)8-17-11-5-3-2-4-10(11)16-12(17)6-7-14/h2-5,9H,6,8H2,1H3,(H2,15,18). The van der Waals surface area contributed by atoms with Gasteiger partial charge in [-0.05, 0) is 12.1 Å². The van der Waals surface area contributed by atoms with Crippen LogP contribution in [0.3, 0.4) is 0 Å². The predicted octanol–water partition coefficient (Wildman–Crippen LogP) is 1.22. The van der Waals surface area contributed by atoms with E-state index in [0.717, 1.165) is 11.0 Å². The van der Waals surface area contributed by atoms with Crippen LogP contribution in [0.15, 0.2) is 24.3 Å². The van der Waals surface area contributed by atoms with Crippen LogP contribution in [0.1, 0.15) is 12.7 Å². The van der Waals surface area contributed by atoms with Gasteiger partial charge in [-0.3, -0.25) is 4.79 Å². The molecule has 0 bridgehead atoms. The number of carbonyl (C=O) groups is 1. The maximum atomic E-state index is 11.2. The molecule has 2 aromatic rings. The van der Waals surface area contributed by atoms with Crippen molar-refractivity contribution in [1.82, 2.24) is 9.55 Å². The number of aromatic nitrogens is 2. The molecule has 1 atom stereocenters. The Morgan fingerprint density at radius 1 is 1.56 bits per heavy atom. The van der Waals surface area contributed by atoms with Crippen molar-refractivity contribution < 1.29 is 4.79 Å². The van der Waals surface area contributed by atoms with Crippen molar-refractivity contribution >= 4 is 16.9 Å². The molecule has 0 radical (unpaired) electrons. The Kier molecular flexibility index (Phi) is 3.28. The van der Waals surface area contributed by atoms with Gasteiger partial charge in [-0.25, -0.2) is 4.98 Å². The molecular weight excluding hydrogens is 228 g/mol.